The van der Waals surface area contributed by atoms with Gasteiger partial charge in [-0.05, 0) is 49.3 Å². The van der Waals surface area contributed by atoms with Crippen LogP contribution in [0.2, 0.25) is 10.0 Å². The molecular formula is C28H28Cl2N4O5. The Bertz CT molecular complexity index is 1450. The van der Waals surface area contributed by atoms with Crippen LogP contribution in [0.5, 0.6) is 0 Å². The van der Waals surface area contributed by atoms with Crippen molar-refractivity contribution in [1.29, 1.82) is 0 Å². The van der Waals surface area contributed by atoms with Gasteiger partial charge >= 0.3 is 5.97 Å². The molecule has 0 spiro atoms. The van der Waals surface area contributed by atoms with E-state index < -0.39 is 28.8 Å². The van der Waals surface area contributed by atoms with Crippen LogP contribution in [0.25, 0.3) is 0 Å². The van der Waals surface area contributed by atoms with Gasteiger partial charge in [0.1, 0.15) is 6.04 Å². The smallest absolute Gasteiger partial charge is 0.326 e. The summed E-state index contributed by atoms with van der Waals surface area (Å²) in [5, 5.41) is 19.3. The van der Waals surface area contributed by atoms with Crippen molar-refractivity contribution in [2.75, 3.05) is 10.6 Å². The fourth-order valence-corrected chi connectivity index (χ4v) is 6.19. The summed E-state index contributed by atoms with van der Waals surface area (Å²) < 4.78 is 0. The molecule has 0 bridgehead atoms. The topological polar surface area (TPSA) is 137 Å². The quantitative estimate of drug-likeness (QED) is 0.294. The molecular weight excluding hydrogens is 543 g/mol. The van der Waals surface area contributed by atoms with E-state index in [1.165, 1.54) is 25.2 Å². The Morgan fingerprint density at radius 3 is 2.36 bits per heavy atom. The van der Waals surface area contributed by atoms with Gasteiger partial charge in [0.2, 0.25) is 10.9 Å². The molecule has 204 valence electrons. The van der Waals surface area contributed by atoms with Gasteiger partial charge in [0.15, 0.2) is 0 Å². The molecule has 3 aromatic rings. The Kier molecular flexibility index (Phi) is 8.02. The number of rotatable bonds is 8. The normalized spacial score (nSPS) is 21.6. The van der Waals surface area contributed by atoms with Crippen LogP contribution >= 0.6 is 23.2 Å². The first-order valence-corrected chi connectivity index (χ1v) is 13.8. The molecule has 1 aliphatic heterocycles. The van der Waals surface area contributed by atoms with Crippen LogP contribution < -0.4 is 26.8 Å². The van der Waals surface area contributed by atoms with Gasteiger partial charge in [-0.1, -0.05) is 48.2 Å². The number of hydrogen-bond donors (Lipinski definition) is 4. The first-order chi connectivity index (χ1) is 18.7. The molecule has 4 atom stereocenters. The predicted molar refractivity (Wildman–Crippen MR) is 150 cm³/mol. The molecule has 4 N–H and O–H groups in total. The van der Waals surface area contributed by atoms with Crippen LogP contribution in [0.1, 0.15) is 66.1 Å². The van der Waals surface area contributed by atoms with Gasteiger partial charge in [0.05, 0.1) is 21.4 Å². The van der Waals surface area contributed by atoms with Crippen molar-refractivity contribution in [3.8, 4) is 0 Å². The molecule has 2 heterocycles. The number of hydrogen-bond acceptors (Lipinski definition) is 7. The van der Waals surface area contributed by atoms with Gasteiger partial charge in [-0.15, -0.1) is 0 Å². The molecule has 11 heteroatoms. The van der Waals surface area contributed by atoms with E-state index in [2.05, 4.69) is 20.9 Å². The van der Waals surface area contributed by atoms with Gasteiger partial charge in [-0.2, -0.15) is 0 Å². The Labute approximate surface area is 234 Å². The van der Waals surface area contributed by atoms with Crippen molar-refractivity contribution in [3.05, 3.63) is 83.8 Å². The Morgan fingerprint density at radius 2 is 1.67 bits per heavy atom. The lowest BCUT2D eigenvalue weighted by molar-refractivity contribution is -0.137. The zero-order chi connectivity index (χ0) is 27.7. The van der Waals surface area contributed by atoms with Crippen LogP contribution in [0, 0.1) is 5.92 Å². The number of amides is 1. The van der Waals surface area contributed by atoms with Crippen molar-refractivity contribution in [3.63, 3.8) is 0 Å². The van der Waals surface area contributed by atoms with E-state index in [1.54, 1.807) is 24.3 Å². The van der Waals surface area contributed by atoms with E-state index in [-0.39, 0.29) is 33.9 Å². The maximum absolute atomic E-state index is 12.7. The molecule has 39 heavy (non-hydrogen) atoms. The number of carboxylic acids is 1. The number of fused-ring (bicyclic) bond motifs is 1. The number of nitrogens with one attached hydrogen (secondary N) is 3. The summed E-state index contributed by atoms with van der Waals surface area (Å²) in [5.41, 5.74) is 0.441. The summed E-state index contributed by atoms with van der Waals surface area (Å²) in [4.78, 5) is 53.6. The number of aromatic nitrogens is 1. The highest BCUT2D eigenvalue weighted by molar-refractivity contribution is 6.39. The second-order valence-corrected chi connectivity index (χ2v) is 11.1. The number of carbonyl (C=O) groups excluding carboxylic acids is 1. The number of aliphatic carboxylic acids is 1. The molecule has 9 nitrogen and oxygen atoms in total. The van der Waals surface area contributed by atoms with Gasteiger partial charge in [0, 0.05) is 42.0 Å². The van der Waals surface area contributed by atoms with Gasteiger partial charge in [-0.3, -0.25) is 19.4 Å². The zero-order valence-corrected chi connectivity index (χ0v) is 22.5. The van der Waals surface area contributed by atoms with Crippen molar-refractivity contribution < 1.29 is 14.7 Å². The third-order valence-electron chi connectivity index (χ3n) is 7.81. The molecule has 2 aliphatic rings. The highest BCUT2D eigenvalue weighted by Crippen LogP contribution is 2.37. The lowest BCUT2D eigenvalue weighted by Crippen LogP contribution is -2.51. The maximum atomic E-state index is 12.7. The maximum Gasteiger partial charge on any atom is 0.326 e. The van der Waals surface area contributed by atoms with Crippen molar-refractivity contribution in [1.82, 2.24) is 10.3 Å². The lowest BCUT2D eigenvalue weighted by atomic mass is 9.76. The van der Waals surface area contributed by atoms with Gasteiger partial charge in [0.25, 0.3) is 5.91 Å². The minimum absolute atomic E-state index is 0.0420. The van der Waals surface area contributed by atoms with Crippen molar-refractivity contribution >= 4 is 46.5 Å². The average molecular weight is 571 g/mol. The summed E-state index contributed by atoms with van der Waals surface area (Å²) in [7, 11) is 0. The second-order valence-electron chi connectivity index (χ2n) is 10.3. The largest absolute Gasteiger partial charge is 0.480 e. The monoisotopic (exact) mass is 570 g/mol. The summed E-state index contributed by atoms with van der Waals surface area (Å²) >= 11 is 12.1. The summed E-state index contributed by atoms with van der Waals surface area (Å²) in [5.74, 6) is -1.01. The first-order valence-electron chi connectivity index (χ1n) is 13.0. The van der Waals surface area contributed by atoms with E-state index in [0.717, 1.165) is 25.7 Å². The molecule has 1 saturated carbocycles. The number of anilines is 2. The van der Waals surface area contributed by atoms with Crippen LogP contribution in [-0.4, -0.2) is 34.1 Å². The first kappa shape index (κ1) is 27.3. The Hall–Kier alpha value is -3.27. The molecule has 1 aromatic heterocycles. The average Bonchev–Trinajstić information content (AvgIpc) is 2.94. The fourth-order valence-electron chi connectivity index (χ4n) is 5.73. The number of pyridine rings is 1. The summed E-state index contributed by atoms with van der Waals surface area (Å²) in [6.07, 6.45) is 9.10. The third kappa shape index (κ3) is 5.71. The standard InChI is InChI=1S/C28H28Cl2N4O5/c29-17-12-31-13-18(30)23(17)34-27(37)16-7-5-14(6-8-16)11-21(28(38)39)33-24-22(25(35)26(24)36)20-10-9-15-3-1-2-4-19(15)32-20/h5-8,12-13,15,19-21,32-33H,1-4,9-11H2,(H,38,39)(H,31,34,37)/t15-,19-,20-,21-/m0/s1. The minimum Gasteiger partial charge on any atom is -0.480 e. The molecule has 0 unspecified atom stereocenters. The SMILES string of the molecule is O=C(Nc1c(Cl)cncc1Cl)c1ccc(C[C@H](Nc2c([C@@H]3CC[C@@H]4CCCC[C@@H]4N3)c(=O)c2=O)C(=O)O)cc1. The molecule has 0 radical (unpaired) electrons. The number of halogens is 2. The van der Waals surface area contributed by atoms with Gasteiger partial charge < -0.3 is 21.1 Å². The van der Waals surface area contributed by atoms with E-state index >= 15 is 0 Å². The number of piperidine rings is 1. The zero-order valence-electron chi connectivity index (χ0n) is 21.0. The number of carboxylic acid groups (broad SMARTS) is 1. The van der Waals surface area contributed by atoms with E-state index in [1.807, 2.05) is 0 Å². The highest BCUT2D eigenvalue weighted by atomic mass is 35.5. The molecule has 1 aliphatic carbocycles. The Morgan fingerprint density at radius 1 is 0.974 bits per heavy atom. The Balaban J connectivity index is 1.27. The molecule has 2 aromatic carbocycles. The predicted octanol–water partition coefficient (Wildman–Crippen LogP) is 4.33. The van der Waals surface area contributed by atoms with Crippen LogP contribution in [0.15, 0.2) is 46.2 Å². The second kappa shape index (κ2) is 11.5. The number of benzene rings is 1. The van der Waals surface area contributed by atoms with Crippen molar-refractivity contribution in [2.24, 2.45) is 5.92 Å². The molecule has 2 fully saturated rings. The molecule has 5 rings (SSSR count). The lowest BCUT2D eigenvalue weighted by Gasteiger charge is -2.41. The van der Waals surface area contributed by atoms with Crippen LogP contribution in [0.4, 0.5) is 11.4 Å². The number of nitrogens with zero attached hydrogens (tertiary/aromatic N) is 1. The van der Waals surface area contributed by atoms with Gasteiger partial charge in [-0.25, -0.2) is 4.79 Å². The number of carbonyl (C=O) groups is 2. The van der Waals surface area contributed by atoms with E-state index in [4.69, 9.17) is 23.2 Å². The summed E-state index contributed by atoms with van der Waals surface area (Å²) in [6, 6.07) is 5.34. The molecule has 1 amide bonds. The van der Waals surface area contributed by atoms with Crippen molar-refractivity contribution in [2.45, 2.75) is 63.1 Å². The molecule has 1 saturated heterocycles. The fraction of sp³-hybridized carbons (Fsp3) is 0.393. The van der Waals surface area contributed by atoms with Crippen LogP contribution in [-0.2, 0) is 11.2 Å². The van der Waals surface area contributed by atoms with Crippen LogP contribution in [0.3, 0.4) is 0 Å². The van der Waals surface area contributed by atoms with E-state index in [0.29, 0.717) is 28.7 Å². The third-order valence-corrected chi connectivity index (χ3v) is 8.38. The van der Waals surface area contributed by atoms with E-state index in [9.17, 15) is 24.3 Å². The highest BCUT2D eigenvalue weighted by Gasteiger charge is 2.37. The summed E-state index contributed by atoms with van der Waals surface area (Å²) in [6.45, 7) is 0. The minimum atomic E-state index is -1.15.